The second-order valence-corrected chi connectivity index (χ2v) is 3.01. The summed E-state index contributed by atoms with van der Waals surface area (Å²) in [5.41, 5.74) is 3.24. The topological polar surface area (TPSA) is 34.9 Å². The Morgan fingerprint density at radius 3 is 2.62 bits per heavy atom. The van der Waals surface area contributed by atoms with Crippen LogP contribution in [0.5, 0.6) is 0 Å². The molecule has 0 saturated heterocycles. The molecule has 0 amide bonds. The van der Waals surface area contributed by atoms with Gasteiger partial charge in [-0.2, -0.15) is 5.10 Å². The Balaban J connectivity index is 2.93. The normalized spacial score (nSPS) is 11.0. The number of hydrogen-bond donors (Lipinski definition) is 0. The number of allylic oxidation sites excluding steroid dienone is 1. The Hall–Kier alpha value is -1.38. The molecular weight excluding hydrogens is 164 g/mol. The van der Waals surface area contributed by atoms with Crippen molar-refractivity contribution in [3.8, 4) is 0 Å². The number of aldehydes is 1. The van der Waals surface area contributed by atoms with Gasteiger partial charge < -0.3 is 4.79 Å². The van der Waals surface area contributed by atoms with Crippen LogP contribution < -0.4 is 0 Å². The summed E-state index contributed by atoms with van der Waals surface area (Å²) in [7, 11) is 1.92. The first-order chi connectivity index (χ1) is 6.16. The van der Waals surface area contributed by atoms with E-state index in [0.29, 0.717) is 6.42 Å². The molecule has 70 valence electrons. The minimum absolute atomic E-state index is 0.466. The van der Waals surface area contributed by atoms with Crippen molar-refractivity contribution >= 4 is 12.4 Å². The summed E-state index contributed by atoms with van der Waals surface area (Å²) in [5, 5.41) is 4.27. The fraction of sp³-hybridized carbons (Fsp3) is 0.400. The van der Waals surface area contributed by atoms with Gasteiger partial charge in [0.05, 0.1) is 5.69 Å². The maximum Gasteiger partial charge on any atom is 0.123 e. The Morgan fingerprint density at radius 2 is 2.15 bits per heavy atom. The molecule has 3 nitrogen and oxygen atoms in total. The predicted octanol–water partition coefficient (Wildman–Crippen LogP) is 1.64. The molecule has 1 heterocycles. The largest absolute Gasteiger partial charge is 0.303 e. The molecule has 0 spiro atoms. The molecule has 0 N–H and O–H groups in total. The van der Waals surface area contributed by atoms with Gasteiger partial charge in [-0.3, -0.25) is 4.68 Å². The lowest BCUT2D eigenvalue weighted by Gasteiger charge is -1.93. The summed E-state index contributed by atoms with van der Waals surface area (Å²) in [6, 6.07) is 0. The average molecular weight is 178 g/mol. The number of rotatable bonds is 3. The van der Waals surface area contributed by atoms with E-state index in [1.807, 2.05) is 37.7 Å². The first-order valence-electron chi connectivity index (χ1n) is 4.27. The molecule has 1 aromatic rings. The van der Waals surface area contributed by atoms with Gasteiger partial charge in [-0.15, -0.1) is 0 Å². The van der Waals surface area contributed by atoms with E-state index in [-0.39, 0.29) is 0 Å². The molecule has 3 heteroatoms. The highest BCUT2D eigenvalue weighted by molar-refractivity contribution is 5.60. The van der Waals surface area contributed by atoms with E-state index in [1.165, 1.54) is 0 Å². The van der Waals surface area contributed by atoms with Crippen LogP contribution in [0.15, 0.2) is 6.08 Å². The number of carbonyl (C=O) groups is 1. The van der Waals surface area contributed by atoms with Crippen LogP contribution in [-0.4, -0.2) is 16.1 Å². The lowest BCUT2D eigenvalue weighted by Crippen LogP contribution is -1.92. The van der Waals surface area contributed by atoms with Crippen molar-refractivity contribution in [2.45, 2.75) is 20.3 Å². The third kappa shape index (κ3) is 2.05. The number of carbonyl (C=O) groups excluding carboxylic acids is 1. The molecule has 1 rings (SSSR count). The van der Waals surface area contributed by atoms with Crippen LogP contribution in [0.4, 0.5) is 0 Å². The molecule has 0 aliphatic heterocycles. The van der Waals surface area contributed by atoms with Crippen molar-refractivity contribution in [3.63, 3.8) is 0 Å². The number of aryl methyl sites for hydroxylation is 2. The van der Waals surface area contributed by atoms with Gasteiger partial charge in [0.25, 0.3) is 0 Å². The number of nitrogens with zero attached hydrogens (tertiary/aromatic N) is 2. The molecule has 0 aliphatic rings. The van der Waals surface area contributed by atoms with Gasteiger partial charge in [-0.05, 0) is 13.8 Å². The first kappa shape index (κ1) is 9.71. The molecule has 13 heavy (non-hydrogen) atoms. The van der Waals surface area contributed by atoms with Crippen LogP contribution in [0, 0.1) is 13.8 Å². The lowest BCUT2D eigenvalue weighted by molar-refractivity contribution is -0.107. The van der Waals surface area contributed by atoms with Gasteiger partial charge in [0.15, 0.2) is 0 Å². The summed E-state index contributed by atoms with van der Waals surface area (Å²) < 4.78 is 1.84. The van der Waals surface area contributed by atoms with E-state index in [2.05, 4.69) is 5.10 Å². The van der Waals surface area contributed by atoms with Gasteiger partial charge in [0, 0.05) is 24.7 Å². The Morgan fingerprint density at radius 1 is 1.46 bits per heavy atom. The Labute approximate surface area is 78.1 Å². The van der Waals surface area contributed by atoms with Gasteiger partial charge in [-0.25, -0.2) is 0 Å². The van der Waals surface area contributed by atoms with Crippen molar-refractivity contribution < 1.29 is 4.79 Å². The monoisotopic (exact) mass is 178 g/mol. The third-order valence-electron chi connectivity index (χ3n) is 2.08. The van der Waals surface area contributed by atoms with Crippen molar-refractivity contribution in [1.29, 1.82) is 0 Å². The Kier molecular flexibility index (Phi) is 3.01. The number of aromatic nitrogens is 2. The van der Waals surface area contributed by atoms with Crippen LogP contribution in [0.3, 0.4) is 0 Å². The minimum Gasteiger partial charge on any atom is -0.303 e. The van der Waals surface area contributed by atoms with Gasteiger partial charge in [0.1, 0.15) is 6.29 Å². The molecule has 1 aromatic heterocycles. The quantitative estimate of drug-likeness (QED) is 0.659. The first-order valence-corrected chi connectivity index (χ1v) is 4.27. The molecule has 0 unspecified atom stereocenters. The van der Waals surface area contributed by atoms with E-state index < -0.39 is 0 Å². The molecule has 0 bridgehead atoms. The zero-order valence-electron chi connectivity index (χ0n) is 8.24. The van der Waals surface area contributed by atoms with Crippen molar-refractivity contribution in [2.24, 2.45) is 7.05 Å². The third-order valence-corrected chi connectivity index (χ3v) is 2.08. The molecule has 0 aromatic carbocycles. The van der Waals surface area contributed by atoms with Crippen molar-refractivity contribution in [1.82, 2.24) is 9.78 Å². The standard InChI is InChI=1S/C10H14N2O/c1-8-10(6-4-5-7-13)9(2)12(3)11-8/h4,6-7H,5H2,1-3H3. The highest BCUT2D eigenvalue weighted by Crippen LogP contribution is 2.13. The molecule has 0 radical (unpaired) electrons. The fourth-order valence-electron chi connectivity index (χ4n) is 1.27. The van der Waals surface area contributed by atoms with Crippen LogP contribution in [-0.2, 0) is 11.8 Å². The van der Waals surface area contributed by atoms with Crippen LogP contribution in [0.25, 0.3) is 6.08 Å². The van der Waals surface area contributed by atoms with E-state index in [0.717, 1.165) is 23.2 Å². The summed E-state index contributed by atoms with van der Waals surface area (Å²) >= 11 is 0. The van der Waals surface area contributed by atoms with Crippen LogP contribution in [0.2, 0.25) is 0 Å². The summed E-state index contributed by atoms with van der Waals surface area (Å²) in [4.78, 5) is 10.1. The maximum atomic E-state index is 10.1. The average Bonchev–Trinajstić information content (AvgIpc) is 2.32. The maximum absolute atomic E-state index is 10.1. The summed E-state index contributed by atoms with van der Waals surface area (Å²) in [5.74, 6) is 0. The molecule has 0 aliphatic carbocycles. The van der Waals surface area contributed by atoms with E-state index in [1.54, 1.807) is 0 Å². The molecule has 0 fully saturated rings. The van der Waals surface area contributed by atoms with Crippen LogP contribution >= 0.6 is 0 Å². The van der Waals surface area contributed by atoms with Gasteiger partial charge >= 0.3 is 0 Å². The summed E-state index contributed by atoms with van der Waals surface area (Å²) in [6.45, 7) is 3.98. The zero-order valence-corrected chi connectivity index (χ0v) is 8.24. The smallest absolute Gasteiger partial charge is 0.123 e. The molecular formula is C10H14N2O. The SMILES string of the molecule is Cc1nn(C)c(C)c1C=CCC=O. The van der Waals surface area contributed by atoms with Gasteiger partial charge in [0.2, 0.25) is 0 Å². The van der Waals surface area contributed by atoms with Crippen LogP contribution in [0.1, 0.15) is 23.4 Å². The van der Waals surface area contributed by atoms with E-state index >= 15 is 0 Å². The molecule has 0 atom stereocenters. The molecule has 0 saturated carbocycles. The fourth-order valence-corrected chi connectivity index (χ4v) is 1.27. The van der Waals surface area contributed by atoms with E-state index in [4.69, 9.17) is 0 Å². The van der Waals surface area contributed by atoms with Gasteiger partial charge in [-0.1, -0.05) is 12.2 Å². The van der Waals surface area contributed by atoms with E-state index in [9.17, 15) is 4.79 Å². The van der Waals surface area contributed by atoms with Crippen molar-refractivity contribution in [3.05, 3.63) is 23.0 Å². The lowest BCUT2D eigenvalue weighted by atomic mass is 10.2. The summed E-state index contributed by atoms with van der Waals surface area (Å²) in [6.07, 6.45) is 5.15. The second kappa shape index (κ2) is 4.03. The zero-order chi connectivity index (χ0) is 9.84. The Bertz CT molecular complexity index is 337. The minimum atomic E-state index is 0.466. The highest BCUT2D eigenvalue weighted by Gasteiger charge is 2.04. The predicted molar refractivity (Wildman–Crippen MR) is 52.4 cm³/mol. The number of hydrogen-bond acceptors (Lipinski definition) is 2. The van der Waals surface area contributed by atoms with Crippen molar-refractivity contribution in [2.75, 3.05) is 0 Å². The second-order valence-electron chi connectivity index (χ2n) is 3.01. The highest BCUT2D eigenvalue weighted by atomic mass is 16.1.